The molecule has 0 bridgehead atoms. The van der Waals surface area contributed by atoms with Gasteiger partial charge in [-0.1, -0.05) is 36.0 Å². The molecule has 26 heavy (non-hydrogen) atoms. The summed E-state index contributed by atoms with van der Waals surface area (Å²) in [6, 6.07) is 15.2. The molecule has 0 fully saturated rings. The van der Waals surface area contributed by atoms with E-state index in [2.05, 4.69) is 5.32 Å². The normalized spacial score (nSPS) is 19.0. The van der Waals surface area contributed by atoms with E-state index in [1.807, 2.05) is 55.5 Å². The van der Waals surface area contributed by atoms with Gasteiger partial charge in [-0.05, 0) is 43.7 Å². The summed E-state index contributed by atoms with van der Waals surface area (Å²) in [7, 11) is 1.71. The topological polar surface area (TPSA) is 58.6 Å². The van der Waals surface area contributed by atoms with Gasteiger partial charge >= 0.3 is 0 Å². The number of hydrogen-bond donors (Lipinski definition) is 1. The second-order valence-corrected chi connectivity index (χ2v) is 7.69. The zero-order valence-electron chi connectivity index (χ0n) is 15.1. The summed E-state index contributed by atoms with van der Waals surface area (Å²) in [6.07, 6.45) is 0. The first-order chi connectivity index (χ1) is 12.5. The van der Waals surface area contributed by atoms with Crippen molar-refractivity contribution in [2.75, 3.05) is 18.6 Å². The van der Waals surface area contributed by atoms with E-state index in [4.69, 9.17) is 4.74 Å². The smallest absolute Gasteiger partial charge is 0.252 e. The van der Waals surface area contributed by atoms with Crippen LogP contribution in [0.25, 0.3) is 0 Å². The molecule has 0 spiro atoms. The maximum Gasteiger partial charge on any atom is 0.252 e. The Morgan fingerprint density at radius 2 is 1.88 bits per heavy atom. The lowest BCUT2D eigenvalue weighted by Gasteiger charge is -2.36. The average molecular weight is 370 g/mol. The van der Waals surface area contributed by atoms with Crippen LogP contribution < -0.4 is 15.0 Å². The Balaban J connectivity index is 1.71. The monoisotopic (exact) mass is 370 g/mol. The van der Waals surface area contributed by atoms with Gasteiger partial charge in [0, 0.05) is 18.5 Å². The lowest BCUT2D eigenvalue weighted by Crippen LogP contribution is -2.55. The largest absolute Gasteiger partial charge is 0.494 e. The first-order valence-corrected chi connectivity index (χ1v) is 9.33. The second-order valence-electron chi connectivity index (χ2n) is 6.23. The fourth-order valence-electron chi connectivity index (χ4n) is 2.88. The number of anilines is 1. The number of nitrogens with one attached hydrogen (secondary N) is 1. The third kappa shape index (κ3) is 3.42. The fourth-order valence-corrected chi connectivity index (χ4v) is 4.16. The molecule has 1 atom stereocenters. The Morgan fingerprint density at radius 3 is 2.58 bits per heavy atom. The highest BCUT2D eigenvalue weighted by molar-refractivity contribution is 8.02. The Morgan fingerprint density at radius 1 is 1.19 bits per heavy atom. The van der Waals surface area contributed by atoms with E-state index >= 15 is 0 Å². The minimum Gasteiger partial charge on any atom is -0.494 e. The third-order valence-corrected chi connectivity index (χ3v) is 5.71. The average Bonchev–Trinajstić information content (AvgIpc) is 2.65. The van der Waals surface area contributed by atoms with Crippen LogP contribution in [0.15, 0.2) is 53.4 Å². The number of para-hydroxylation sites is 1. The van der Waals surface area contributed by atoms with Gasteiger partial charge in [-0.25, -0.2) is 0 Å². The molecule has 3 rings (SSSR count). The van der Waals surface area contributed by atoms with Crippen molar-refractivity contribution in [2.24, 2.45) is 0 Å². The summed E-state index contributed by atoms with van der Waals surface area (Å²) >= 11 is 1.30. The number of nitrogens with zero attached hydrogens (tertiary/aromatic N) is 1. The minimum atomic E-state index is -1.19. The van der Waals surface area contributed by atoms with Crippen molar-refractivity contribution < 1.29 is 14.3 Å². The maximum atomic E-state index is 12.8. The van der Waals surface area contributed by atoms with Gasteiger partial charge in [0.25, 0.3) is 5.91 Å². The molecule has 0 saturated carbocycles. The molecular weight excluding hydrogens is 348 g/mol. The molecule has 0 aromatic heterocycles. The SMILES string of the molecule is CCOc1ccc(CNC(=O)C2(C)Sc3ccccc3N(C)C2=O)cc1. The van der Waals surface area contributed by atoms with Crippen molar-refractivity contribution >= 4 is 29.3 Å². The third-order valence-electron chi connectivity index (χ3n) is 4.37. The summed E-state index contributed by atoms with van der Waals surface area (Å²) < 4.78 is 4.23. The Hall–Kier alpha value is -2.47. The van der Waals surface area contributed by atoms with E-state index in [0.29, 0.717) is 13.2 Å². The predicted octanol–water partition coefficient (Wildman–Crippen LogP) is 3.23. The van der Waals surface area contributed by atoms with Crippen molar-refractivity contribution in [1.82, 2.24) is 5.32 Å². The van der Waals surface area contributed by atoms with Crippen LogP contribution in [0.1, 0.15) is 19.4 Å². The Bertz CT molecular complexity index is 822. The number of thioether (sulfide) groups is 1. The molecule has 1 heterocycles. The van der Waals surface area contributed by atoms with Gasteiger partial charge in [-0.2, -0.15) is 0 Å². The van der Waals surface area contributed by atoms with E-state index < -0.39 is 4.75 Å². The number of carbonyl (C=O) groups excluding carboxylic acids is 2. The summed E-state index contributed by atoms with van der Waals surface area (Å²) in [5, 5.41) is 2.89. The van der Waals surface area contributed by atoms with Crippen molar-refractivity contribution in [3.63, 3.8) is 0 Å². The molecule has 0 saturated heterocycles. The molecule has 2 aromatic carbocycles. The molecule has 2 aromatic rings. The molecule has 136 valence electrons. The van der Waals surface area contributed by atoms with Crippen LogP contribution in [-0.2, 0) is 16.1 Å². The van der Waals surface area contributed by atoms with Crippen molar-refractivity contribution in [3.8, 4) is 5.75 Å². The zero-order chi connectivity index (χ0) is 18.7. The molecule has 1 aliphatic rings. The quantitative estimate of drug-likeness (QED) is 0.821. The summed E-state index contributed by atoms with van der Waals surface area (Å²) in [5.74, 6) is 0.291. The number of hydrogen-bond acceptors (Lipinski definition) is 4. The summed E-state index contributed by atoms with van der Waals surface area (Å²) in [4.78, 5) is 28.1. The predicted molar refractivity (Wildman–Crippen MR) is 104 cm³/mol. The Kier molecular flexibility index (Phi) is 5.23. The first kappa shape index (κ1) is 18.3. The van der Waals surface area contributed by atoms with E-state index in [-0.39, 0.29) is 11.8 Å². The highest BCUT2D eigenvalue weighted by Gasteiger charge is 2.48. The fraction of sp³-hybridized carbons (Fsp3) is 0.300. The van der Waals surface area contributed by atoms with E-state index in [0.717, 1.165) is 21.9 Å². The van der Waals surface area contributed by atoms with Gasteiger partial charge in [0.2, 0.25) is 5.91 Å². The molecular formula is C20H22N2O3S. The van der Waals surface area contributed by atoms with Gasteiger partial charge < -0.3 is 15.0 Å². The van der Waals surface area contributed by atoms with E-state index in [1.165, 1.54) is 11.8 Å². The number of ether oxygens (including phenoxy) is 1. The van der Waals surface area contributed by atoms with Crippen molar-refractivity contribution in [3.05, 3.63) is 54.1 Å². The van der Waals surface area contributed by atoms with Gasteiger partial charge in [-0.3, -0.25) is 9.59 Å². The second kappa shape index (κ2) is 7.41. The molecule has 5 nitrogen and oxygen atoms in total. The zero-order valence-corrected chi connectivity index (χ0v) is 15.9. The van der Waals surface area contributed by atoms with E-state index in [1.54, 1.807) is 18.9 Å². The number of rotatable bonds is 5. The highest BCUT2D eigenvalue weighted by Crippen LogP contribution is 2.44. The maximum absolute atomic E-state index is 12.8. The standard InChI is InChI=1S/C20H22N2O3S/c1-4-25-15-11-9-14(10-12-15)13-21-18(23)20(2)19(24)22(3)16-7-5-6-8-17(16)26-20/h5-12H,4,13H2,1-3H3,(H,21,23). The molecule has 0 aliphatic carbocycles. The molecule has 0 radical (unpaired) electrons. The molecule has 6 heteroatoms. The van der Waals surface area contributed by atoms with Crippen LogP contribution in [0.3, 0.4) is 0 Å². The first-order valence-electron chi connectivity index (χ1n) is 8.52. The number of fused-ring (bicyclic) bond motifs is 1. The van der Waals surface area contributed by atoms with Crippen LogP contribution in [0.4, 0.5) is 5.69 Å². The number of benzene rings is 2. The van der Waals surface area contributed by atoms with Crippen LogP contribution in [0, 0.1) is 0 Å². The number of carbonyl (C=O) groups is 2. The van der Waals surface area contributed by atoms with Gasteiger partial charge in [0.1, 0.15) is 5.75 Å². The van der Waals surface area contributed by atoms with Crippen LogP contribution >= 0.6 is 11.8 Å². The summed E-state index contributed by atoms with van der Waals surface area (Å²) in [6.45, 7) is 4.59. The van der Waals surface area contributed by atoms with Crippen molar-refractivity contribution in [1.29, 1.82) is 0 Å². The number of amides is 2. The van der Waals surface area contributed by atoms with Gasteiger partial charge in [0.15, 0.2) is 4.75 Å². The highest BCUT2D eigenvalue weighted by atomic mass is 32.2. The van der Waals surface area contributed by atoms with Crippen molar-refractivity contribution in [2.45, 2.75) is 30.0 Å². The molecule has 2 amide bonds. The molecule has 1 N–H and O–H groups in total. The Labute approximate surface area is 157 Å². The van der Waals surface area contributed by atoms with Crippen LogP contribution in [0.2, 0.25) is 0 Å². The van der Waals surface area contributed by atoms with E-state index in [9.17, 15) is 9.59 Å². The van der Waals surface area contributed by atoms with Gasteiger partial charge in [-0.15, -0.1) is 0 Å². The molecule has 1 aliphatic heterocycles. The summed E-state index contributed by atoms with van der Waals surface area (Å²) in [5.41, 5.74) is 1.78. The molecule has 1 unspecified atom stereocenters. The lowest BCUT2D eigenvalue weighted by atomic mass is 10.1. The van der Waals surface area contributed by atoms with Gasteiger partial charge in [0.05, 0.1) is 12.3 Å². The minimum absolute atomic E-state index is 0.217. The van der Waals surface area contributed by atoms with Crippen LogP contribution in [-0.4, -0.2) is 30.2 Å². The lowest BCUT2D eigenvalue weighted by molar-refractivity contribution is -0.131. The van der Waals surface area contributed by atoms with Crippen LogP contribution in [0.5, 0.6) is 5.75 Å².